The van der Waals surface area contributed by atoms with E-state index in [-0.39, 0.29) is 27.3 Å². The minimum absolute atomic E-state index is 0.0185. The van der Waals surface area contributed by atoms with E-state index in [0.29, 0.717) is 35.9 Å². The lowest BCUT2D eigenvalue weighted by molar-refractivity contribution is -0.136. The van der Waals surface area contributed by atoms with Gasteiger partial charge in [-0.2, -0.15) is 18.2 Å². The second-order valence-electron chi connectivity index (χ2n) is 7.25. The van der Waals surface area contributed by atoms with E-state index in [1.807, 2.05) is 11.8 Å². The molecular weight excluding hydrogens is 441 g/mol. The van der Waals surface area contributed by atoms with Gasteiger partial charge >= 0.3 is 6.18 Å². The quantitative estimate of drug-likeness (QED) is 0.491. The fraction of sp³-hybridized carbons (Fsp3) is 0.333. The third-order valence-electron chi connectivity index (χ3n) is 5.21. The highest BCUT2D eigenvalue weighted by Crippen LogP contribution is 2.45. The summed E-state index contributed by atoms with van der Waals surface area (Å²) in [6, 6.07) is 4.35. The maximum Gasteiger partial charge on any atom is 0.417 e. The SMILES string of the molecule is CCOc1nc(N2CCNCC2)nc2c1sc1nc(-c3ccncc3)cc(C(F)(F)F)c12. The van der Waals surface area contributed by atoms with Crippen LogP contribution in [-0.2, 0) is 6.18 Å². The van der Waals surface area contributed by atoms with Crippen molar-refractivity contribution in [1.29, 1.82) is 0 Å². The number of aromatic nitrogens is 4. The first kappa shape index (κ1) is 20.8. The van der Waals surface area contributed by atoms with Gasteiger partial charge in [-0.15, -0.1) is 11.3 Å². The molecule has 0 saturated carbocycles. The minimum atomic E-state index is -4.58. The summed E-state index contributed by atoms with van der Waals surface area (Å²) < 4.78 is 48.8. The number of thiophene rings is 1. The molecule has 0 amide bonds. The molecule has 0 aromatic carbocycles. The van der Waals surface area contributed by atoms with E-state index in [1.54, 1.807) is 12.1 Å². The molecule has 0 spiro atoms. The smallest absolute Gasteiger partial charge is 0.417 e. The Morgan fingerprint density at radius 2 is 1.88 bits per heavy atom. The number of alkyl halides is 3. The summed E-state index contributed by atoms with van der Waals surface area (Å²) in [7, 11) is 0. The van der Waals surface area contributed by atoms with Crippen LogP contribution in [0.4, 0.5) is 19.1 Å². The van der Waals surface area contributed by atoms with Gasteiger partial charge in [0, 0.05) is 44.1 Å². The van der Waals surface area contributed by atoms with Gasteiger partial charge in [-0.25, -0.2) is 9.97 Å². The van der Waals surface area contributed by atoms with E-state index in [9.17, 15) is 13.2 Å². The van der Waals surface area contributed by atoms with Gasteiger partial charge in [0.05, 0.1) is 23.3 Å². The Bertz CT molecular complexity index is 1270. The minimum Gasteiger partial charge on any atom is -0.477 e. The van der Waals surface area contributed by atoms with Crippen molar-refractivity contribution in [3.05, 3.63) is 36.2 Å². The van der Waals surface area contributed by atoms with E-state index in [4.69, 9.17) is 4.74 Å². The second kappa shape index (κ2) is 8.14. The molecule has 0 aliphatic carbocycles. The fourth-order valence-corrected chi connectivity index (χ4v) is 4.82. The predicted molar refractivity (Wildman–Crippen MR) is 117 cm³/mol. The summed E-state index contributed by atoms with van der Waals surface area (Å²) in [4.78, 5) is 19.8. The lowest BCUT2D eigenvalue weighted by Crippen LogP contribution is -2.44. The molecule has 4 aromatic heterocycles. The molecule has 5 heterocycles. The predicted octanol–water partition coefficient (Wildman–Crippen LogP) is 4.13. The molecule has 1 N–H and O–H groups in total. The number of ether oxygens (including phenoxy) is 1. The number of nitrogens with one attached hydrogen (secondary N) is 1. The van der Waals surface area contributed by atoms with Crippen LogP contribution in [0.15, 0.2) is 30.6 Å². The van der Waals surface area contributed by atoms with Crippen molar-refractivity contribution in [2.45, 2.75) is 13.1 Å². The van der Waals surface area contributed by atoms with E-state index in [0.717, 1.165) is 30.5 Å². The van der Waals surface area contributed by atoms with E-state index in [2.05, 4.69) is 25.3 Å². The molecule has 11 heteroatoms. The number of hydrogen-bond acceptors (Lipinski definition) is 8. The Kier molecular flexibility index (Phi) is 5.30. The molecule has 5 rings (SSSR count). The highest BCUT2D eigenvalue weighted by Gasteiger charge is 2.36. The zero-order chi connectivity index (χ0) is 22.3. The van der Waals surface area contributed by atoms with Gasteiger partial charge in [-0.3, -0.25) is 4.98 Å². The van der Waals surface area contributed by atoms with Gasteiger partial charge in [0.2, 0.25) is 11.8 Å². The zero-order valence-corrected chi connectivity index (χ0v) is 17.9. The van der Waals surface area contributed by atoms with Crippen LogP contribution in [0, 0.1) is 0 Å². The molecular formula is C21H19F3N6OS. The highest BCUT2D eigenvalue weighted by atomic mass is 32.1. The monoisotopic (exact) mass is 460 g/mol. The van der Waals surface area contributed by atoms with Crippen LogP contribution < -0.4 is 15.0 Å². The first-order valence-corrected chi connectivity index (χ1v) is 11.0. The first-order valence-electron chi connectivity index (χ1n) is 10.2. The molecule has 1 fully saturated rings. The standard InChI is InChI=1S/C21H19F3N6OS/c1-2-31-18-17-16(28-20(29-18)30-9-7-26-8-10-30)15-13(21(22,23)24)11-14(27-19(15)32-17)12-3-5-25-6-4-12/h3-6,11,26H,2,7-10H2,1H3. The largest absolute Gasteiger partial charge is 0.477 e. The van der Waals surface area contributed by atoms with Crippen molar-refractivity contribution in [1.82, 2.24) is 25.3 Å². The number of fused-ring (bicyclic) bond motifs is 3. The van der Waals surface area contributed by atoms with Gasteiger partial charge < -0.3 is 15.0 Å². The van der Waals surface area contributed by atoms with Crippen molar-refractivity contribution >= 4 is 37.7 Å². The summed E-state index contributed by atoms with van der Waals surface area (Å²) in [5.74, 6) is 0.654. The molecule has 1 aliphatic heterocycles. The topological polar surface area (TPSA) is 76.1 Å². The number of anilines is 1. The Morgan fingerprint density at radius 3 is 2.56 bits per heavy atom. The summed E-state index contributed by atoms with van der Waals surface area (Å²) in [5.41, 5.74) is 0.237. The zero-order valence-electron chi connectivity index (χ0n) is 17.1. The normalized spacial score (nSPS) is 14.9. The average Bonchev–Trinajstić information content (AvgIpc) is 3.18. The average molecular weight is 460 g/mol. The maximum absolute atomic E-state index is 14.2. The van der Waals surface area contributed by atoms with Crippen LogP contribution in [0.2, 0.25) is 0 Å². The molecule has 166 valence electrons. The molecule has 32 heavy (non-hydrogen) atoms. The fourth-order valence-electron chi connectivity index (χ4n) is 3.74. The molecule has 7 nitrogen and oxygen atoms in total. The lowest BCUT2D eigenvalue weighted by Gasteiger charge is -2.27. The molecule has 1 aliphatic rings. The Labute approximate surface area is 185 Å². The van der Waals surface area contributed by atoms with Crippen LogP contribution in [0.1, 0.15) is 12.5 Å². The molecule has 0 atom stereocenters. The summed E-state index contributed by atoms with van der Waals surface area (Å²) >= 11 is 1.12. The van der Waals surface area contributed by atoms with E-state index in [1.165, 1.54) is 12.4 Å². The summed E-state index contributed by atoms with van der Waals surface area (Å²) in [6.07, 6.45) is -1.53. The Balaban J connectivity index is 1.80. The number of pyridine rings is 2. The van der Waals surface area contributed by atoms with Gasteiger partial charge in [0.1, 0.15) is 15.0 Å². The van der Waals surface area contributed by atoms with Gasteiger partial charge in [0.15, 0.2) is 0 Å². The second-order valence-corrected chi connectivity index (χ2v) is 8.25. The van der Waals surface area contributed by atoms with Crippen molar-refractivity contribution in [3.8, 4) is 17.1 Å². The number of hydrogen-bond donors (Lipinski definition) is 1. The Morgan fingerprint density at radius 1 is 1.12 bits per heavy atom. The van der Waals surface area contributed by atoms with Crippen LogP contribution in [0.3, 0.4) is 0 Å². The van der Waals surface area contributed by atoms with Crippen LogP contribution in [0.25, 0.3) is 31.7 Å². The van der Waals surface area contributed by atoms with Gasteiger partial charge in [-0.05, 0) is 25.1 Å². The van der Waals surface area contributed by atoms with E-state index >= 15 is 0 Å². The van der Waals surface area contributed by atoms with Gasteiger partial charge in [0.25, 0.3) is 0 Å². The number of rotatable bonds is 4. The third kappa shape index (κ3) is 3.71. The molecule has 4 aromatic rings. The van der Waals surface area contributed by atoms with Crippen molar-refractivity contribution in [3.63, 3.8) is 0 Å². The summed E-state index contributed by atoms with van der Waals surface area (Å²) in [6.45, 7) is 4.97. The van der Waals surface area contributed by atoms with Crippen molar-refractivity contribution in [2.75, 3.05) is 37.7 Å². The number of halogens is 3. The molecule has 0 unspecified atom stereocenters. The number of nitrogens with zero attached hydrogens (tertiary/aromatic N) is 5. The lowest BCUT2D eigenvalue weighted by atomic mass is 10.1. The summed E-state index contributed by atoms with van der Waals surface area (Å²) in [5, 5.41) is 3.23. The van der Waals surface area contributed by atoms with Crippen molar-refractivity contribution in [2.24, 2.45) is 0 Å². The highest BCUT2D eigenvalue weighted by molar-refractivity contribution is 7.25. The van der Waals surface area contributed by atoms with Gasteiger partial charge in [-0.1, -0.05) is 0 Å². The molecule has 0 bridgehead atoms. The van der Waals surface area contributed by atoms with Crippen LogP contribution in [0.5, 0.6) is 5.88 Å². The van der Waals surface area contributed by atoms with Crippen LogP contribution in [-0.4, -0.2) is 52.7 Å². The van der Waals surface area contributed by atoms with Crippen molar-refractivity contribution < 1.29 is 17.9 Å². The van der Waals surface area contributed by atoms with E-state index < -0.39 is 11.7 Å². The third-order valence-corrected chi connectivity index (χ3v) is 6.27. The Hall–Kier alpha value is -3.05. The maximum atomic E-state index is 14.2. The first-order chi connectivity index (χ1) is 15.5. The molecule has 0 radical (unpaired) electrons. The number of piperazine rings is 1. The molecule has 1 saturated heterocycles. The van der Waals surface area contributed by atoms with Crippen LogP contribution >= 0.6 is 11.3 Å².